The second-order valence-corrected chi connectivity index (χ2v) is 5.26. The van der Waals surface area contributed by atoms with Crippen LogP contribution in [0.3, 0.4) is 0 Å². The molecule has 0 saturated heterocycles. The van der Waals surface area contributed by atoms with Crippen LogP contribution in [-0.2, 0) is 0 Å². The molecular weight excluding hydrogens is 275 g/mol. The van der Waals surface area contributed by atoms with Gasteiger partial charge in [-0.25, -0.2) is 4.39 Å². The van der Waals surface area contributed by atoms with Gasteiger partial charge in [0.05, 0.1) is 11.1 Å². The number of nitrogens with zero attached hydrogens (tertiary/aromatic N) is 1. The highest BCUT2D eigenvalue weighted by Crippen LogP contribution is 2.26. The lowest BCUT2D eigenvalue weighted by Crippen LogP contribution is -2.23. The van der Waals surface area contributed by atoms with Crippen LogP contribution in [0.5, 0.6) is 0 Å². The quantitative estimate of drug-likeness (QED) is 0.890. The maximum Gasteiger partial charge on any atom is 0.141 e. The molecule has 0 radical (unpaired) electrons. The molecule has 1 atom stereocenters. The first kappa shape index (κ1) is 14.9. The second kappa shape index (κ2) is 6.82. The molecule has 1 unspecified atom stereocenters. The van der Waals surface area contributed by atoms with Gasteiger partial charge in [0, 0.05) is 12.4 Å². The number of aromatic nitrogens is 1. The Kier molecular flexibility index (Phi) is 5.10. The van der Waals surface area contributed by atoms with E-state index in [4.69, 9.17) is 11.6 Å². The molecule has 0 amide bonds. The minimum atomic E-state index is -0.396. The highest BCUT2D eigenvalue weighted by molar-refractivity contribution is 6.30. The van der Waals surface area contributed by atoms with Crippen LogP contribution in [0.15, 0.2) is 36.7 Å². The molecule has 0 aliphatic heterocycles. The van der Waals surface area contributed by atoms with Crippen molar-refractivity contribution in [2.45, 2.75) is 26.3 Å². The van der Waals surface area contributed by atoms with Crippen LogP contribution in [0.4, 0.5) is 4.39 Å². The summed E-state index contributed by atoms with van der Waals surface area (Å²) in [4.78, 5) is 4.23. The molecule has 106 valence electrons. The molecule has 20 heavy (non-hydrogen) atoms. The number of nitrogens with one attached hydrogen (secondary N) is 1. The number of halogens is 2. The lowest BCUT2D eigenvalue weighted by atomic mass is 9.99. The Balaban J connectivity index is 2.38. The average Bonchev–Trinajstić information content (AvgIpc) is 2.43. The summed E-state index contributed by atoms with van der Waals surface area (Å²) >= 11 is 5.89. The summed E-state index contributed by atoms with van der Waals surface area (Å²) in [5.41, 5.74) is 3.09. The fourth-order valence-electron chi connectivity index (χ4n) is 2.14. The van der Waals surface area contributed by atoms with E-state index in [0.29, 0.717) is 0 Å². The SMILES string of the molecule is CCCNC(c1cncc(C)c1)c1ccc(F)c(Cl)c1. The van der Waals surface area contributed by atoms with Gasteiger partial charge >= 0.3 is 0 Å². The van der Waals surface area contributed by atoms with Crippen molar-refractivity contribution in [1.82, 2.24) is 10.3 Å². The van der Waals surface area contributed by atoms with Crippen LogP contribution >= 0.6 is 11.6 Å². The molecule has 0 aliphatic rings. The zero-order chi connectivity index (χ0) is 14.5. The Labute approximate surface area is 124 Å². The van der Waals surface area contributed by atoms with Crippen LogP contribution in [-0.4, -0.2) is 11.5 Å². The normalized spacial score (nSPS) is 12.4. The van der Waals surface area contributed by atoms with Gasteiger partial charge in [0.25, 0.3) is 0 Å². The second-order valence-electron chi connectivity index (χ2n) is 4.86. The topological polar surface area (TPSA) is 24.9 Å². The predicted molar refractivity (Wildman–Crippen MR) is 80.5 cm³/mol. The van der Waals surface area contributed by atoms with Gasteiger partial charge in [-0.05, 0) is 48.7 Å². The van der Waals surface area contributed by atoms with E-state index < -0.39 is 5.82 Å². The van der Waals surface area contributed by atoms with Gasteiger partial charge in [0.1, 0.15) is 5.82 Å². The van der Waals surface area contributed by atoms with E-state index in [2.05, 4.69) is 23.3 Å². The zero-order valence-electron chi connectivity index (χ0n) is 11.7. The van der Waals surface area contributed by atoms with Crippen molar-refractivity contribution in [1.29, 1.82) is 0 Å². The maximum absolute atomic E-state index is 13.3. The average molecular weight is 293 g/mol. The molecule has 1 aromatic carbocycles. The molecule has 0 fully saturated rings. The number of pyridine rings is 1. The van der Waals surface area contributed by atoms with Crippen molar-refractivity contribution in [3.05, 3.63) is 64.2 Å². The molecule has 2 aromatic rings. The molecule has 1 aromatic heterocycles. The number of benzene rings is 1. The third-order valence-corrected chi connectivity index (χ3v) is 3.39. The summed E-state index contributed by atoms with van der Waals surface area (Å²) in [6.07, 6.45) is 4.67. The lowest BCUT2D eigenvalue weighted by Gasteiger charge is -2.20. The molecule has 0 saturated carbocycles. The molecule has 1 N–H and O–H groups in total. The number of hydrogen-bond acceptors (Lipinski definition) is 2. The Morgan fingerprint density at radius 3 is 2.70 bits per heavy atom. The first-order chi connectivity index (χ1) is 9.61. The summed E-state index contributed by atoms with van der Waals surface area (Å²) in [5.74, 6) is -0.396. The van der Waals surface area contributed by atoms with E-state index in [0.717, 1.165) is 29.7 Å². The number of hydrogen-bond donors (Lipinski definition) is 1. The number of aryl methyl sites for hydroxylation is 1. The van der Waals surface area contributed by atoms with Crippen molar-refractivity contribution in [2.24, 2.45) is 0 Å². The van der Waals surface area contributed by atoms with Gasteiger partial charge in [0.2, 0.25) is 0 Å². The van der Waals surface area contributed by atoms with E-state index in [1.165, 1.54) is 6.07 Å². The highest BCUT2D eigenvalue weighted by atomic mass is 35.5. The molecule has 0 bridgehead atoms. The first-order valence-electron chi connectivity index (χ1n) is 6.71. The molecule has 0 aliphatic carbocycles. The molecular formula is C16H18ClFN2. The van der Waals surface area contributed by atoms with E-state index in [-0.39, 0.29) is 11.1 Å². The molecule has 2 nitrogen and oxygen atoms in total. The summed E-state index contributed by atoms with van der Waals surface area (Å²) in [7, 11) is 0. The molecule has 4 heteroatoms. The standard InChI is InChI=1S/C16H18ClFN2/c1-3-6-20-16(13-7-11(2)9-19-10-13)12-4-5-15(18)14(17)8-12/h4-5,7-10,16,20H,3,6H2,1-2H3. The van der Waals surface area contributed by atoms with Crippen molar-refractivity contribution in [2.75, 3.05) is 6.54 Å². The van der Waals surface area contributed by atoms with Gasteiger partial charge in [-0.2, -0.15) is 0 Å². The van der Waals surface area contributed by atoms with Crippen molar-refractivity contribution in [3.63, 3.8) is 0 Å². The van der Waals surface area contributed by atoms with Crippen molar-refractivity contribution in [3.8, 4) is 0 Å². The van der Waals surface area contributed by atoms with Crippen LogP contribution in [0.1, 0.15) is 36.1 Å². The van der Waals surface area contributed by atoms with Crippen molar-refractivity contribution < 1.29 is 4.39 Å². The lowest BCUT2D eigenvalue weighted by molar-refractivity contribution is 0.591. The predicted octanol–water partition coefficient (Wildman–Crippen LogP) is 4.27. The van der Waals surface area contributed by atoms with E-state index in [1.54, 1.807) is 12.1 Å². The monoisotopic (exact) mass is 292 g/mol. The summed E-state index contributed by atoms with van der Waals surface area (Å²) < 4.78 is 13.3. The Morgan fingerprint density at radius 2 is 2.05 bits per heavy atom. The fraction of sp³-hybridized carbons (Fsp3) is 0.312. The van der Waals surface area contributed by atoms with Gasteiger partial charge in [0.15, 0.2) is 0 Å². The zero-order valence-corrected chi connectivity index (χ0v) is 12.4. The van der Waals surface area contributed by atoms with Gasteiger partial charge in [-0.15, -0.1) is 0 Å². The summed E-state index contributed by atoms with van der Waals surface area (Å²) in [6.45, 7) is 4.98. The van der Waals surface area contributed by atoms with Crippen LogP contribution < -0.4 is 5.32 Å². The van der Waals surface area contributed by atoms with Crippen molar-refractivity contribution >= 4 is 11.6 Å². The summed E-state index contributed by atoms with van der Waals surface area (Å²) in [6, 6.07) is 6.89. The Bertz CT molecular complexity index is 586. The molecule has 1 heterocycles. The minimum Gasteiger partial charge on any atom is -0.306 e. The van der Waals surface area contributed by atoms with E-state index >= 15 is 0 Å². The number of rotatable bonds is 5. The summed E-state index contributed by atoms with van der Waals surface area (Å²) in [5, 5.41) is 3.60. The van der Waals surface area contributed by atoms with Crippen LogP contribution in [0.2, 0.25) is 5.02 Å². The highest BCUT2D eigenvalue weighted by Gasteiger charge is 2.15. The minimum absolute atomic E-state index is 0.0274. The maximum atomic E-state index is 13.3. The molecule has 0 spiro atoms. The molecule has 2 rings (SSSR count). The Hall–Kier alpha value is -1.45. The third kappa shape index (κ3) is 3.56. The largest absolute Gasteiger partial charge is 0.306 e. The third-order valence-electron chi connectivity index (χ3n) is 3.10. The van der Waals surface area contributed by atoms with E-state index in [1.807, 2.05) is 19.3 Å². The van der Waals surface area contributed by atoms with E-state index in [9.17, 15) is 4.39 Å². The van der Waals surface area contributed by atoms with Crippen LogP contribution in [0, 0.1) is 12.7 Å². The fourth-order valence-corrected chi connectivity index (χ4v) is 2.33. The van der Waals surface area contributed by atoms with Crippen LogP contribution in [0.25, 0.3) is 0 Å². The van der Waals surface area contributed by atoms with Gasteiger partial charge < -0.3 is 5.32 Å². The first-order valence-corrected chi connectivity index (χ1v) is 7.09. The van der Waals surface area contributed by atoms with Gasteiger partial charge in [-0.3, -0.25) is 4.98 Å². The van der Waals surface area contributed by atoms with Gasteiger partial charge in [-0.1, -0.05) is 30.7 Å². The smallest absolute Gasteiger partial charge is 0.141 e. The Morgan fingerprint density at radius 1 is 1.25 bits per heavy atom.